The SMILES string of the molecule is CN(C)S(=O)(=O)n1cc(CC2(C(F)(F)F)CC2)nc1/C=C(/c1ccc(-n2cccn2)cc1)C(F)(F)F. The number of aromatic nitrogens is 4. The first kappa shape index (κ1) is 25.9. The second-order valence-corrected chi connectivity index (χ2v) is 10.7. The Morgan fingerprint density at radius 1 is 1.11 bits per heavy atom. The zero-order valence-corrected chi connectivity index (χ0v) is 19.9. The summed E-state index contributed by atoms with van der Waals surface area (Å²) >= 11 is 0. The van der Waals surface area contributed by atoms with Crippen molar-refractivity contribution in [2.45, 2.75) is 31.6 Å². The minimum absolute atomic E-state index is 0.161. The first-order chi connectivity index (χ1) is 16.6. The summed E-state index contributed by atoms with van der Waals surface area (Å²) in [6, 6.07) is 6.82. The van der Waals surface area contributed by atoms with Crippen LogP contribution in [0.15, 0.2) is 48.9 Å². The van der Waals surface area contributed by atoms with Gasteiger partial charge in [-0.15, -0.1) is 0 Å². The maximum atomic E-state index is 14.1. The topological polar surface area (TPSA) is 73.0 Å². The molecule has 4 rings (SSSR count). The molecule has 1 saturated carbocycles. The fourth-order valence-corrected chi connectivity index (χ4v) is 4.64. The van der Waals surface area contributed by atoms with Gasteiger partial charge in [0.25, 0.3) is 0 Å². The summed E-state index contributed by atoms with van der Waals surface area (Å²) in [5.74, 6) is -0.653. The van der Waals surface area contributed by atoms with Crippen molar-refractivity contribution in [3.8, 4) is 5.69 Å². The Bertz CT molecular complexity index is 1370. The van der Waals surface area contributed by atoms with Gasteiger partial charge in [-0.05, 0) is 42.7 Å². The molecule has 194 valence electrons. The van der Waals surface area contributed by atoms with Crippen molar-refractivity contribution in [1.82, 2.24) is 23.0 Å². The molecule has 0 spiro atoms. The van der Waals surface area contributed by atoms with Crippen molar-refractivity contribution in [2.24, 2.45) is 5.41 Å². The van der Waals surface area contributed by atoms with E-state index in [1.165, 1.54) is 35.1 Å². The minimum Gasteiger partial charge on any atom is -0.241 e. The van der Waals surface area contributed by atoms with Crippen LogP contribution in [0.1, 0.15) is 29.9 Å². The van der Waals surface area contributed by atoms with Crippen LogP contribution in [0, 0.1) is 5.41 Å². The number of alkyl halides is 6. The first-order valence-electron chi connectivity index (χ1n) is 10.6. The maximum Gasteiger partial charge on any atom is 0.417 e. The van der Waals surface area contributed by atoms with E-state index in [0.717, 1.165) is 24.6 Å². The van der Waals surface area contributed by atoms with Crippen LogP contribution in [0.4, 0.5) is 26.3 Å². The van der Waals surface area contributed by atoms with Gasteiger partial charge < -0.3 is 0 Å². The Morgan fingerprint density at radius 2 is 1.75 bits per heavy atom. The molecule has 1 aromatic carbocycles. The Kier molecular flexibility index (Phi) is 6.32. The molecular formula is C22H21F6N5O2S. The highest BCUT2D eigenvalue weighted by Crippen LogP contribution is 2.59. The fourth-order valence-electron chi connectivity index (χ4n) is 3.70. The van der Waals surface area contributed by atoms with E-state index in [2.05, 4.69) is 10.1 Å². The maximum absolute atomic E-state index is 14.1. The van der Waals surface area contributed by atoms with Crippen LogP contribution in [-0.2, 0) is 16.6 Å². The molecule has 0 N–H and O–H groups in total. The minimum atomic E-state index is -4.92. The summed E-state index contributed by atoms with van der Waals surface area (Å²) in [6.07, 6.45) is -5.93. The highest BCUT2D eigenvalue weighted by Gasteiger charge is 2.63. The van der Waals surface area contributed by atoms with E-state index < -0.39 is 45.8 Å². The van der Waals surface area contributed by atoms with Gasteiger partial charge in [0, 0.05) is 39.1 Å². The lowest BCUT2D eigenvalue weighted by molar-refractivity contribution is -0.186. The molecule has 2 aromatic heterocycles. The number of rotatable bonds is 7. The van der Waals surface area contributed by atoms with Gasteiger partial charge in [-0.25, -0.2) is 13.6 Å². The second kappa shape index (κ2) is 8.76. The summed E-state index contributed by atoms with van der Waals surface area (Å²) in [4.78, 5) is 3.90. The van der Waals surface area contributed by atoms with Gasteiger partial charge in [0.2, 0.25) is 0 Å². The molecule has 0 unspecified atom stereocenters. The van der Waals surface area contributed by atoms with E-state index in [1.807, 2.05) is 0 Å². The number of nitrogens with zero attached hydrogens (tertiary/aromatic N) is 5. The van der Waals surface area contributed by atoms with Crippen LogP contribution in [0.25, 0.3) is 17.3 Å². The van der Waals surface area contributed by atoms with Gasteiger partial charge in [-0.2, -0.15) is 44.2 Å². The lowest BCUT2D eigenvalue weighted by Gasteiger charge is -2.17. The molecule has 1 aliphatic rings. The van der Waals surface area contributed by atoms with Gasteiger partial charge in [0.05, 0.1) is 22.4 Å². The number of hydrogen-bond acceptors (Lipinski definition) is 4. The average Bonchev–Trinajstić information content (AvgIpc) is 3.19. The van der Waals surface area contributed by atoms with Crippen molar-refractivity contribution in [3.05, 3.63) is 66.0 Å². The quantitative estimate of drug-likeness (QED) is 0.413. The lowest BCUT2D eigenvalue weighted by Crippen LogP contribution is -2.29. The molecule has 2 heterocycles. The molecule has 36 heavy (non-hydrogen) atoms. The van der Waals surface area contributed by atoms with E-state index in [4.69, 9.17) is 0 Å². The highest BCUT2D eigenvalue weighted by molar-refractivity contribution is 7.87. The zero-order valence-electron chi connectivity index (χ0n) is 19.0. The number of hydrogen-bond donors (Lipinski definition) is 0. The van der Waals surface area contributed by atoms with Crippen molar-refractivity contribution in [2.75, 3.05) is 14.1 Å². The van der Waals surface area contributed by atoms with Gasteiger partial charge in [0.15, 0.2) is 0 Å². The largest absolute Gasteiger partial charge is 0.417 e. The third-order valence-corrected chi connectivity index (χ3v) is 7.67. The summed E-state index contributed by atoms with van der Waals surface area (Å²) < 4.78 is 111. The Hall–Kier alpha value is -3.13. The lowest BCUT2D eigenvalue weighted by atomic mass is 10.0. The molecule has 7 nitrogen and oxygen atoms in total. The third kappa shape index (κ3) is 4.91. The summed E-state index contributed by atoms with van der Waals surface area (Å²) in [5.41, 5.74) is -3.32. The summed E-state index contributed by atoms with van der Waals surface area (Å²) in [6.45, 7) is 0. The molecular weight excluding hydrogens is 512 g/mol. The van der Waals surface area contributed by atoms with Crippen LogP contribution in [0.5, 0.6) is 0 Å². The van der Waals surface area contributed by atoms with Crippen LogP contribution >= 0.6 is 0 Å². The van der Waals surface area contributed by atoms with Crippen LogP contribution in [0.2, 0.25) is 0 Å². The highest BCUT2D eigenvalue weighted by atomic mass is 32.2. The molecule has 0 atom stereocenters. The number of allylic oxidation sites excluding steroid dienone is 1. The molecule has 0 amide bonds. The van der Waals surface area contributed by atoms with Crippen molar-refractivity contribution in [1.29, 1.82) is 0 Å². The van der Waals surface area contributed by atoms with Crippen LogP contribution < -0.4 is 0 Å². The van der Waals surface area contributed by atoms with E-state index >= 15 is 0 Å². The Labute approximate surface area is 202 Å². The number of imidazole rings is 1. The predicted molar refractivity (Wildman–Crippen MR) is 119 cm³/mol. The van der Waals surface area contributed by atoms with Crippen molar-refractivity contribution in [3.63, 3.8) is 0 Å². The summed E-state index contributed by atoms with van der Waals surface area (Å²) in [5, 5.41) is 4.00. The van der Waals surface area contributed by atoms with Crippen LogP contribution in [-0.4, -0.2) is 57.9 Å². The second-order valence-electron chi connectivity index (χ2n) is 8.68. The van der Waals surface area contributed by atoms with E-state index in [-0.39, 0.29) is 24.1 Å². The van der Waals surface area contributed by atoms with Crippen molar-refractivity contribution < 1.29 is 34.8 Å². The number of halogens is 6. The molecule has 0 bridgehead atoms. The van der Waals surface area contributed by atoms with E-state index in [1.54, 1.807) is 12.3 Å². The summed E-state index contributed by atoms with van der Waals surface area (Å²) in [7, 11) is -2.08. The smallest absolute Gasteiger partial charge is 0.241 e. The molecule has 14 heteroatoms. The normalized spacial score (nSPS) is 16.5. The van der Waals surface area contributed by atoms with Gasteiger partial charge >= 0.3 is 22.6 Å². The molecule has 0 radical (unpaired) electrons. The monoisotopic (exact) mass is 533 g/mol. The van der Waals surface area contributed by atoms with E-state index in [0.29, 0.717) is 15.7 Å². The molecule has 0 saturated heterocycles. The number of benzene rings is 1. The average molecular weight is 533 g/mol. The Morgan fingerprint density at radius 3 is 2.22 bits per heavy atom. The molecule has 3 aromatic rings. The molecule has 1 aliphatic carbocycles. The van der Waals surface area contributed by atoms with Crippen LogP contribution in [0.3, 0.4) is 0 Å². The first-order valence-corrected chi connectivity index (χ1v) is 12.0. The standard InChI is InChI=1S/C22H21F6N5O2S/c1-31(2)36(34,35)33-14-16(13-20(8-9-20)22(26,27)28)30-19(33)12-18(21(23,24)25)15-4-6-17(7-5-15)32-11-3-10-29-32/h3-7,10-12,14H,8-9,13H2,1-2H3/b18-12-. The van der Waals surface area contributed by atoms with E-state index in [9.17, 15) is 34.8 Å². The van der Waals surface area contributed by atoms with Gasteiger partial charge in [-0.3, -0.25) is 0 Å². The third-order valence-electron chi connectivity index (χ3n) is 5.96. The fraction of sp³-hybridized carbons (Fsp3) is 0.364. The predicted octanol–water partition coefficient (Wildman–Crippen LogP) is 4.71. The molecule has 0 aliphatic heterocycles. The van der Waals surface area contributed by atoms with Gasteiger partial charge in [0.1, 0.15) is 5.82 Å². The van der Waals surface area contributed by atoms with Crippen molar-refractivity contribution >= 4 is 21.9 Å². The Balaban J connectivity index is 1.81. The van der Waals surface area contributed by atoms with Gasteiger partial charge in [-0.1, -0.05) is 12.1 Å². The molecule has 1 fully saturated rings. The zero-order chi connectivity index (χ0) is 26.5.